The van der Waals surface area contributed by atoms with Crippen LogP contribution in [0.25, 0.3) is 0 Å². The Hall–Kier alpha value is -1.93. The first kappa shape index (κ1) is 21.8. The number of nitrogens with zero attached hydrogens (tertiary/aromatic N) is 2. The molecule has 0 N–H and O–H groups in total. The van der Waals surface area contributed by atoms with Crippen molar-refractivity contribution in [3.63, 3.8) is 0 Å². The van der Waals surface area contributed by atoms with Crippen molar-refractivity contribution >= 4 is 21.9 Å². The summed E-state index contributed by atoms with van der Waals surface area (Å²) in [5.74, 6) is -0.299. The number of carbonyl (C=O) groups excluding carboxylic acids is 2. The molecule has 1 heterocycles. The second-order valence-electron chi connectivity index (χ2n) is 8.10. The minimum atomic E-state index is -3.58. The lowest BCUT2D eigenvalue weighted by molar-refractivity contribution is -0.155. The molecular formula is C21H30N2O5S. The molecule has 160 valence electrons. The molecule has 0 aromatic heterocycles. The maximum absolute atomic E-state index is 12.9. The largest absolute Gasteiger partial charge is 0.455 e. The topological polar surface area (TPSA) is 84.0 Å². The van der Waals surface area contributed by atoms with Crippen molar-refractivity contribution in [3.8, 4) is 0 Å². The molecule has 2 fully saturated rings. The molecule has 0 spiro atoms. The Morgan fingerprint density at radius 2 is 1.62 bits per heavy atom. The molecule has 1 aromatic rings. The summed E-state index contributed by atoms with van der Waals surface area (Å²) in [6.07, 6.45) is 3.73. The summed E-state index contributed by atoms with van der Waals surface area (Å²) in [6, 6.07) is 6.97. The Morgan fingerprint density at radius 1 is 1.03 bits per heavy atom. The van der Waals surface area contributed by atoms with Gasteiger partial charge in [-0.25, -0.2) is 8.42 Å². The lowest BCUT2D eigenvalue weighted by Crippen LogP contribution is -2.51. The van der Waals surface area contributed by atoms with Gasteiger partial charge in [-0.3, -0.25) is 9.59 Å². The number of benzene rings is 1. The molecule has 8 heteroatoms. The van der Waals surface area contributed by atoms with Crippen LogP contribution in [0.4, 0.5) is 0 Å². The van der Waals surface area contributed by atoms with Crippen LogP contribution in [0.2, 0.25) is 0 Å². The van der Waals surface area contributed by atoms with E-state index < -0.39 is 10.0 Å². The van der Waals surface area contributed by atoms with E-state index in [0.29, 0.717) is 19.0 Å². The van der Waals surface area contributed by atoms with Gasteiger partial charge in [0.1, 0.15) is 0 Å². The predicted octanol–water partition coefficient (Wildman–Crippen LogP) is 2.38. The van der Waals surface area contributed by atoms with E-state index in [2.05, 4.69) is 13.8 Å². The Balaban J connectivity index is 1.51. The SMILES string of the molecule is CC(C)c1ccc(S(=O)(=O)N2CCN(C(=O)COC(=O)C3CCCC3)CC2)cc1. The molecule has 0 atom stereocenters. The number of ether oxygens (including phenoxy) is 1. The Labute approximate surface area is 173 Å². The van der Waals surface area contributed by atoms with Crippen LogP contribution in [-0.2, 0) is 24.3 Å². The number of esters is 1. The fourth-order valence-corrected chi connectivity index (χ4v) is 5.28. The number of hydrogen-bond acceptors (Lipinski definition) is 5. The van der Waals surface area contributed by atoms with Gasteiger partial charge in [0.25, 0.3) is 5.91 Å². The molecule has 0 unspecified atom stereocenters. The highest BCUT2D eigenvalue weighted by Crippen LogP contribution is 2.26. The molecule has 1 amide bonds. The van der Waals surface area contributed by atoms with Gasteiger partial charge in [0, 0.05) is 26.2 Å². The van der Waals surface area contributed by atoms with Crippen molar-refractivity contribution in [2.24, 2.45) is 5.92 Å². The number of sulfonamides is 1. The average molecular weight is 423 g/mol. The van der Waals surface area contributed by atoms with Crippen molar-refractivity contribution in [3.05, 3.63) is 29.8 Å². The van der Waals surface area contributed by atoms with Crippen LogP contribution in [0.1, 0.15) is 51.0 Å². The van der Waals surface area contributed by atoms with Crippen LogP contribution >= 0.6 is 0 Å². The van der Waals surface area contributed by atoms with Gasteiger partial charge >= 0.3 is 5.97 Å². The van der Waals surface area contributed by atoms with Crippen molar-refractivity contribution in [2.45, 2.75) is 50.3 Å². The van der Waals surface area contributed by atoms with E-state index >= 15 is 0 Å². The lowest BCUT2D eigenvalue weighted by Gasteiger charge is -2.34. The molecule has 3 rings (SSSR count). The summed E-state index contributed by atoms with van der Waals surface area (Å²) in [5.41, 5.74) is 1.09. The fourth-order valence-electron chi connectivity index (χ4n) is 3.86. The van der Waals surface area contributed by atoms with Gasteiger partial charge in [-0.15, -0.1) is 0 Å². The first-order valence-electron chi connectivity index (χ1n) is 10.3. The van der Waals surface area contributed by atoms with Crippen LogP contribution in [0, 0.1) is 5.92 Å². The standard InChI is InChI=1S/C21H30N2O5S/c1-16(2)17-7-9-19(10-8-17)29(26,27)23-13-11-22(12-14-23)20(24)15-28-21(25)18-5-3-4-6-18/h7-10,16,18H,3-6,11-15H2,1-2H3. The van der Waals surface area contributed by atoms with E-state index in [9.17, 15) is 18.0 Å². The Bertz CT molecular complexity index is 821. The van der Waals surface area contributed by atoms with Crippen LogP contribution in [0.15, 0.2) is 29.2 Å². The smallest absolute Gasteiger partial charge is 0.309 e. The zero-order valence-corrected chi connectivity index (χ0v) is 18.0. The van der Waals surface area contributed by atoms with Crippen molar-refractivity contribution in [1.29, 1.82) is 0 Å². The summed E-state index contributed by atoms with van der Waals surface area (Å²) in [4.78, 5) is 26.1. The van der Waals surface area contributed by atoms with Gasteiger partial charge in [0.2, 0.25) is 10.0 Å². The maximum atomic E-state index is 12.9. The molecule has 7 nitrogen and oxygen atoms in total. The molecule has 0 radical (unpaired) electrons. The third-order valence-electron chi connectivity index (χ3n) is 5.80. The minimum absolute atomic E-state index is 0.0770. The summed E-state index contributed by atoms with van der Waals surface area (Å²) < 4.78 is 32.3. The summed E-state index contributed by atoms with van der Waals surface area (Å²) >= 11 is 0. The monoisotopic (exact) mass is 422 g/mol. The highest BCUT2D eigenvalue weighted by atomic mass is 32.2. The number of amides is 1. The van der Waals surface area contributed by atoms with E-state index in [1.54, 1.807) is 17.0 Å². The van der Waals surface area contributed by atoms with Crippen molar-refractivity contribution < 1.29 is 22.7 Å². The van der Waals surface area contributed by atoms with E-state index in [0.717, 1.165) is 31.2 Å². The number of carbonyl (C=O) groups is 2. The van der Waals surface area contributed by atoms with E-state index in [1.165, 1.54) is 4.31 Å². The van der Waals surface area contributed by atoms with Gasteiger partial charge in [0.05, 0.1) is 10.8 Å². The van der Waals surface area contributed by atoms with E-state index in [-0.39, 0.29) is 42.4 Å². The van der Waals surface area contributed by atoms with Gasteiger partial charge in [-0.05, 0) is 36.5 Å². The molecule has 1 saturated carbocycles. The number of piperazine rings is 1. The summed E-state index contributed by atoms with van der Waals surface area (Å²) in [7, 11) is -3.58. The van der Waals surface area contributed by atoms with Crippen LogP contribution in [-0.4, -0.2) is 62.3 Å². The Kier molecular flexibility index (Phi) is 6.95. The van der Waals surface area contributed by atoms with Crippen LogP contribution in [0.3, 0.4) is 0 Å². The highest BCUT2D eigenvalue weighted by Gasteiger charge is 2.31. The van der Waals surface area contributed by atoms with Crippen molar-refractivity contribution in [1.82, 2.24) is 9.21 Å². The Morgan fingerprint density at radius 3 is 2.17 bits per heavy atom. The first-order chi connectivity index (χ1) is 13.8. The summed E-state index contributed by atoms with van der Waals surface area (Å²) in [5, 5.41) is 0. The zero-order valence-electron chi connectivity index (χ0n) is 17.2. The quantitative estimate of drug-likeness (QED) is 0.657. The normalized spacial score (nSPS) is 18.9. The van der Waals surface area contributed by atoms with Gasteiger partial charge in [-0.2, -0.15) is 4.31 Å². The van der Waals surface area contributed by atoms with E-state index in [1.807, 2.05) is 12.1 Å². The van der Waals surface area contributed by atoms with Crippen LogP contribution in [0.5, 0.6) is 0 Å². The number of rotatable bonds is 6. The summed E-state index contributed by atoms with van der Waals surface area (Å²) in [6.45, 7) is 4.91. The maximum Gasteiger partial charge on any atom is 0.309 e. The third-order valence-corrected chi connectivity index (χ3v) is 7.72. The second-order valence-corrected chi connectivity index (χ2v) is 10.0. The molecule has 1 aliphatic heterocycles. The predicted molar refractivity (Wildman–Crippen MR) is 109 cm³/mol. The van der Waals surface area contributed by atoms with Crippen molar-refractivity contribution in [2.75, 3.05) is 32.8 Å². The molecule has 2 aliphatic rings. The molecule has 0 bridgehead atoms. The molecule has 29 heavy (non-hydrogen) atoms. The molecule has 1 aromatic carbocycles. The van der Waals surface area contributed by atoms with Gasteiger partial charge in [0.15, 0.2) is 6.61 Å². The van der Waals surface area contributed by atoms with Gasteiger partial charge < -0.3 is 9.64 Å². The minimum Gasteiger partial charge on any atom is -0.455 e. The van der Waals surface area contributed by atoms with E-state index in [4.69, 9.17) is 4.74 Å². The second kappa shape index (κ2) is 9.26. The fraction of sp³-hybridized carbons (Fsp3) is 0.619. The zero-order chi connectivity index (χ0) is 21.0. The third kappa shape index (κ3) is 5.17. The van der Waals surface area contributed by atoms with Crippen LogP contribution < -0.4 is 0 Å². The van der Waals surface area contributed by atoms with Gasteiger partial charge in [-0.1, -0.05) is 38.8 Å². The lowest BCUT2D eigenvalue weighted by atomic mass is 10.0. The molecular weight excluding hydrogens is 392 g/mol. The molecule has 1 aliphatic carbocycles. The average Bonchev–Trinajstić information content (AvgIpc) is 3.27. The first-order valence-corrected chi connectivity index (χ1v) is 11.8. The molecule has 1 saturated heterocycles. The highest BCUT2D eigenvalue weighted by molar-refractivity contribution is 7.89. The number of hydrogen-bond donors (Lipinski definition) is 0.